The van der Waals surface area contributed by atoms with Gasteiger partial charge >= 0.3 is 0 Å². The molecule has 2 fully saturated rings. The van der Waals surface area contributed by atoms with Gasteiger partial charge in [-0.1, -0.05) is 0 Å². The number of rotatable bonds is 4. The number of piperidine rings is 1. The van der Waals surface area contributed by atoms with Crippen molar-refractivity contribution < 1.29 is 9.59 Å². The van der Waals surface area contributed by atoms with Gasteiger partial charge in [0.2, 0.25) is 5.91 Å². The van der Waals surface area contributed by atoms with Crippen molar-refractivity contribution in [3.63, 3.8) is 0 Å². The minimum Gasteiger partial charge on any atom is -0.354 e. The van der Waals surface area contributed by atoms with E-state index >= 15 is 0 Å². The zero-order valence-corrected chi connectivity index (χ0v) is 17.6. The van der Waals surface area contributed by atoms with Crippen molar-refractivity contribution in [3.8, 4) is 0 Å². The van der Waals surface area contributed by atoms with Gasteiger partial charge in [0.1, 0.15) is 0 Å². The van der Waals surface area contributed by atoms with E-state index in [0.717, 1.165) is 50.2 Å². The van der Waals surface area contributed by atoms with E-state index < -0.39 is 0 Å². The van der Waals surface area contributed by atoms with Crippen molar-refractivity contribution in [3.05, 3.63) is 29.1 Å². The molecule has 2 amide bonds. The number of carbonyl (C=O) groups is 2. The molecule has 0 saturated carbocycles. The number of nitrogens with one attached hydrogen (secondary N) is 2. The quantitative estimate of drug-likeness (QED) is 0.788. The van der Waals surface area contributed by atoms with E-state index in [1.165, 1.54) is 0 Å². The maximum atomic E-state index is 12.8. The molecule has 0 aromatic carbocycles. The number of aromatic nitrogens is 1. The van der Waals surface area contributed by atoms with Crippen LogP contribution in [0.25, 0.3) is 0 Å². The Bertz CT molecular complexity index is 651. The molecule has 1 aromatic heterocycles. The maximum absolute atomic E-state index is 12.8. The van der Waals surface area contributed by atoms with Gasteiger partial charge in [-0.05, 0) is 64.1 Å². The van der Waals surface area contributed by atoms with Crippen LogP contribution in [0.1, 0.15) is 47.4 Å². The molecule has 2 N–H and O–H groups in total. The van der Waals surface area contributed by atoms with Crippen molar-refractivity contribution in [2.24, 2.45) is 5.92 Å². The molecule has 3 rings (SSSR count). The van der Waals surface area contributed by atoms with Gasteiger partial charge in [0.15, 0.2) is 0 Å². The topological polar surface area (TPSA) is 74.3 Å². The van der Waals surface area contributed by atoms with Crippen LogP contribution in [0.3, 0.4) is 0 Å². The first-order valence-electron chi connectivity index (χ1n) is 9.29. The Morgan fingerprint density at radius 3 is 2.67 bits per heavy atom. The first kappa shape index (κ1) is 23.7. The molecule has 152 valence electrons. The van der Waals surface area contributed by atoms with Crippen LogP contribution in [-0.4, -0.2) is 53.9 Å². The third kappa shape index (κ3) is 6.06. The van der Waals surface area contributed by atoms with E-state index in [0.29, 0.717) is 24.6 Å². The van der Waals surface area contributed by atoms with Crippen LogP contribution in [-0.2, 0) is 4.79 Å². The van der Waals surface area contributed by atoms with Crippen LogP contribution >= 0.6 is 24.8 Å². The normalized spacial score (nSPS) is 21.8. The van der Waals surface area contributed by atoms with Gasteiger partial charge in [-0.15, -0.1) is 24.8 Å². The van der Waals surface area contributed by atoms with Crippen LogP contribution in [0, 0.1) is 19.8 Å². The largest absolute Gasteiger partial charge is 0.354 e. The summed E-state index contributed by atoms with van der Waals surface area (Å²) in [7, 11) is 0. The molecule has 0 bridgehead atoms. The summed E-state index contributed by atoms with van der Waals surface area (Å²) < 4.78 is 0. The average Bonchev–Trinajstić information content (AvgIpc) is 3.14. The monoisotopic (exact) mass is 416 g/mol. The highest BCUT2D eigenvalue weighted by molar-refractivity contribution is 5.95. The number of pyridine rings is 1. The summed E-state index contributed by atoms with van der Waals surface area (Å²) in [5, 5.41) is 6.28. The molecular formula is C19H30Cl2N4O2. The van der Waals surface area contributed by atoms with Gasteiger partial charge in [-0.2, -0.15) is 0 Å². The van der Waals surface area contributed by atoms with Crippen LogP contribution < -0.4 is 10.6 Å². The lowest BCUT2D eigenvalue weighted by atomic mass is 9.97. The Balaban J connectivity index is 0.00000182. The number of aryl methyl sites for hydroxylation is 2. The molecule has 8 heteroatoms. The Kier molecular flexibility index (Phi) is 9.50. The van der Waals surface area contributed by atoms with E-state index in [9.17, 15) is 9.59 Å². The minimum absolute atomic E-state index is 0. The fraction of sp³-hybridized carbons (Fsp3) is 0.632. The number of amides is 2. The standard InChI is InChI=1S/C19H28N4O2.2ClH/c1-13-7-8-16(14(2)22-13)19(25)23-10-4-5-15(12-23)11-21-18(24)17-6-3-9-20-17;;/h7-8,15,17,20H,3-6,9-12H2,1-2H3,(H,21,24);2*1H. The predicted molar refractivity (Wildman–Crippen MR) is 111 cm³/mol. The van der Waals surface area contributed by atoms with Gasteiger partial charge in [0.05, 0.1) is 17.3 Å². The fourth-order valence-electron chi connectivity index (χ4n) is 3.78. The van der Waals surface area contributed by atoms with Gasteiger partial charge in [0.25, 0.3) is 5.91 Å². The van der Waals surface area contributed by atoms with E-state index in [2.05, 4.69) is 15.6 Å². The number of likely N-dealkylation sites (tertiary alicyclic amines) is 1. The van der Waals surface area contributed by atoms with Gasteiger partial charge in [-0.3, -0.25) is 14.6 Å². The van der Waals surface area contributed by atoms with E-state index in [1.54, 1.807) is 0 Å². The second-order valence-electron chi connectivity index (χ2n) is 7.24. The third-order valence-corrected chi connectivity index (χ3v) is 5.20. The van der Waals surface area contributed by atoms with Crippen molar-refractivity contribution in [1.29, 1.82) is 0 Å². The SMILES string of the molecule is Cc1ccc(C(=O)N2CCCC(CNC(=O)C3CCCN3)C2)c(C)n1.Cl.Cl. The number of hydrogen-bond acceptors (Lipinski definition) is 4. The Labute approximate surface area is 173 Å². The minimum atomic E-state index is -0.0393. The van der Waals surface area contributed by atoms with Crippen LogP contribution in [0.5, 0.6) is 0 Å². The molecule has 6 nitrogen and oxygen atoms in total. The van der Waals surface area contributed by atoms with Crippen LogP contribution in [0.15, 0.2) is 12.1 Å². The molecule has 2 atom stereocenters. The molecule has 0 aliphatic carbocycles. The zero-order valence-electron chi connectivity index (χ0n) is 16.0. The summed E-state index contributed by atoms with van der Waals surface area (Å²) in [5.41, 5.74) is 2.40. The summed E-state index contributed by atoms with van der Waals surface area (Å²) in [4.78, 5) is 31.3. The molecule has 2 aliphatic rings. The second kappa shape index (κ2) is 10.8. The van der Waals surface area contributed by atoms with Crippen molar-refractivity contribution in [2.45, 2.75) is 45.6 Å². The summed E-state index contributed by atoms with van der Waals surface area (Å²) in [6.45, 7) is 6.86. The van der Waals surface area contributed by atoms with Crippen molar-refractivity contribution in [2.75, 3.05) is 26.2 Å². The molecule has 2 aliphatic heterocycles. The highest BCUT2D eigenvalue weighted by Gasteiger charge is 2.27. The molecule has 27 heavy (non-hydrogen) atoms. The lowest BCUT2D eigenvalue weighted by molar-refractivity contribution is -0.123. The van der Waals surface area contributed by atoms with Crippen LogP contribution in [0.2, 0.25) is 0 Å². The van der Waals surface area contributed by atoms with Crippen LogP contribution in [0.4, 0.5) is 0 Å². The number of halogens is 2. The van der Waals surface area contributed by atoms with Crippen molar-refractivity contribution in [1.82, 2.24) is 20.5 Å². The van der Waals surface area contributed by atoms with E-state index in [4.69, 9.17) is 0 Å². The van der Waals surface area contributed by atoms with Gasteiger partial charge < -0.3 is 15.5 Å². The first-order valence-corrected chi connectivity index (χ1v) is 9.29. The molecule has 1 aromatic rings. The highest BCUT2D eigenvalue weighted by Crippen LogP contribution is 2.19. The van der Waals surface area contributed by atoms with Gasteiger partial charge in [-0.25, -0.2) is 0 Å². The fourth-order valence-corrected chi connectivity index (χ4v) is 3.78. The Morgan fingerprint density at radius 2 is 2.00 bits per heavy atom. The van der Waals surface area contributed by atoms with E-state index in [1.807, 2.05) is 30.9 Å². The number of carbonyl (C=O) groups excluding carboxylic acids is 2. The molecule has 0 spiro atoms. The third-order valence-electron chi connectivity index (χ3n) is 5.20. The summed E-state index contributed by atoms with van der Waals surface area (Å²) in [5.74, 6) is 0.472. The smallest absolute Gasteiger partial charge is 0.255 e. The van der Waals surface area contributed by atoms with Crippen molar-refractivity contribution >= 4 is 36.6 Å². The van der Waals surface area contributed by atoms with E-state index in [-0.39, 0.29) is 42.7 Å². The predicted octanol–water partition coefficient (Wildman–Crippen LogP) is 2.26. The highest BCUT2D eigenvalue weighted by atomic mass is 35.5. The molecule has 2 saturated heterocycles. The maximum Gasteiger partial charge on any atom is 0.255 e. The lowest BCUT2D eigenvalue weighted by Crippen LogP contribution is -2.46. The molecule has 3 heterocycles. The summed E-state index contributed by atoms with van der Waals surface area (Å²) in [6.07, 6.45) is 4.01. The van der Waals surface area contributed by atoms with Gasteiger partial charge in [0, 0.05) is 25.3 Å². The zero-order chi connectivity index (χ0) is 17.8. The summed E-state index contributed by atoms with van der Waals surface area (Å²) >= 11 is 0. The number of hydrogen-bond donors (Lipinski definition) is 2. The first-order chi connectivity index (χ1) is 12.0. The number of nitrogens with zero attached hydrogens (tertiary/aromatic N) is 2. The Morgan fingerprint density at radius 1 is 1.22 bits per heavy atom. The average molecular weight is 417 g/mol. The molecular weight excluding hydrogens is 387 g/mol. The summed E-state index contributed by atoms with van der Waals surface area (Å²) in [6, 6.07) is 3.72. The molecule has 2 unspecified atom stereocenters. The Hall–Kier alpha value is -1.37. The molecule has 0 radical (unpaired) electrons. The second-order valence-corrected chi connectivity index (χ2v) is 7.24. The lowest BCUT2D eigenvalue weighted by Gasteiger charge is -2.33.